The Morgan fingerprint density at radius 2 is 1.41 bits per heavy atom. The van der Waals surface area contributed by atoms with Crippen molar-refractivity contribution < 1.29 is 44.3 Å². The van der Waals surface area contributed by atoms with Crippen molar-refractivity contribution in [1.29, 1.82) is 0 Å². The normalized spacial score (nSPS) is 9.15. The van der Waals surface area contributed by atoms with E-state index in [0.717, 1.165) is 0 Å². The molecule has 4 N–H and O–H groups in total. The Kier molecular flexibility index (Phi) is 19.6. The van der Waals surface area contributed by atoms with Crippen molar-refractivity contribution in [3.05, 3.63) is 35.9 Å². The van der Waals surface area contributed by atoms with E-state index in [4.69, 9.17) is 20.4 Å². The number of unbranched alkanes of at least 4 members (excludes halogenated alkanes) is 1. The van der Waals surface area contributed by atoms with Gasteiger partial charge in [-0.3, -0.25) is 9.59 Å². The van der Waals surface area contributed by atoms with Crippen LogP contribution in [-0.4, -0.2) is 71.9 Å². The minimum atomic E-state index is -0.879. The summed E-state index contributed by atoms with van der Waals surface area (Å²) in [6.07, 6.45) is 1.55. The average Bonchev–Trinajstić information content (AvgIpc) is 2.67. The smallest absolute Gasteiger partial charge is 0.335 e. The maximum absolute atomic E-state index is 10.5. The zero-order chi connectivity index (χ0) is 20.9. The molecule has 1 aromatic rings. The third-order valence-electron chi connectivity index (χ3n) is 2.74. The van der Waals surface area contributed by atoms with E-state index in [0.29, 0.717) is 38.0 Å². The molecule has 0 aromatic heterocycles. The molecule has 1 aromatic carbocycles. The zero-order valence-corrected chi connectivity index (χ0v) is 15.4. The first-order valence-corrected chi connectivity index (χ1v) is 8.25. The highest BCUT2D eigenvalue weighted by atomic mass is 16.5. The highest BCUT2D eigenvalue weighted by molar-refractivity contribution is 5.87. The van der Waals surface area contributed by atoms with E-state index in [-0.39, 0.29) is 25.6 Å². The molecule has 0 aliphatic heterocycles. The first kappa shape index (κ1) is 26.7. The fraction of sp³-hybridized carbons (Fsp3) is 0.500. The number of carbonyl (C=O) groups excluding carboxylic acids is 1. The third-order valence-corrected chi connectivity index (χ3v) is 2.74. The van der Waals surface area contributed by atoms with E-state index in [1.165, 1.54) is 7.11 Å². The molecule has 0 saturated heterocycles. The van der Waals surface area contributed by atoms with Crippen molar-refractivity contribution in [2.24, 2.45) is 0 Å². The van der Waals surface area contributed by atoms with Crippen LogP contribution in [0.15, 0.2) is 30.3 Å². The van der Waals surface area contributed by atoms with Crippen LogP contribution in [0, 0.1) is 0 Å². The Bertz CT molecular complexity index is 499. The molecular weight excluding hydrogens is 360 g/mol. The number of carboxylic acids is 2. The van der Waals surface area contributed by atoms with E-state index in [1.54, 1.807) is 30.3 Å². The number of aliphatic carboxylic acids is 1. The number of ether oxygens (including phenoxy) is 2. The van der Waals surface area contributed by atoms with Gasteiger partial charge in [-0.25, -0.2) is 4.79 Å². The summed E-state index contributed by atoms with van der Waals surface area (Å²) < 4.78 is 9.00. The summed E-state index contributed by atoms with van der Waals surface area (Å²) in [6.45, 7) is 0.696. The van der Waals surface area contributed by atoms with Gasteiger partial charge in [-0.05, 0) is 25.0 Å². The van der Waals surface area contributed by atoms with E-state index >= 15 is 0 Å². The molecule has 0 saturated carbocycles. The van der Waals surface area contributed by atoms with Crippen molar-refractivity contribution >= 4 is 17.9 Å². The summed E-state index contributed by atoms with van der Waals surface area (Å²) in [6, 6.07) is 8.30. The monoisotopic (exact) mass is 388 g/mol. The molecule has 0 amide bonds. The molecule has 0 atom stereocenters. The van der Waals surface area contributed by atoms with Gasteiger partial charge in [0.05, 0.1) is 39.1 Å². The number of methoxy groups -OCH3 is 1. The molecule has 27 heavy (non-hydrogen) atoms. The maximum Gasteiger partial charge on any atom is 0.335 e. The van der Waals surface area contributed by atoms with Crippen LogP contribution in [0.3, 0.4) is 0 Å². The number of benzene rings is 1. The lowest BCUT2D eigenvalue weighted by Gasteiger charge is -1.96. The number of carbonyl (C=O) groups is 3. The summed E-state index contributed by atoms with van der Waals surface area (Å²) in [4.78, 5) is 30.7. The SMILES string of the molecule is COC(=O)CCCCC(=O)O.O=C(O)c1ccccc1.OCCOCCO. The molecule has 0 spiro atoms. The van der Waals surface area contributed by atoms with Gasteiger partial charge in [-0.15, -0.1) is 0 Å². The van der Waals surface area contributed by atoms with Gasteiger partial charge in [0.2, 0.25) is 0 Å². The van der Waals surface area contributed by atoms with Crippen LogP contribution >= 0.6 is 0 Å². The molecule has 0 aliphatic rings. The molecule has 0 aliphatic carbocycles. The van der Waals surface area contributed by atoms with Gasteiger partial charge >= 0.3 is 17.9 Å². The number of esters is 1. The Hall–Kier alpha value is -2.49. The fourth-order valence-corrected chi connectivity index (χ4v) is 1.46. The average molecular weight is 388 g/mol. The Labute approximate surface area is 158 Å². The Morgan fingerprint density at radius 3 is 1.78 bits per heavy atom. The van der Waals surface area contributed by atoms with Gasteiger partial charge in [-0.1, -0.05) is 18.2 Å². The van der Waals surface area contributed by atoms with Crippen LogP contribution in [0.4, 0.5) is 0 Å². The Balaban J connectivity index is 0. The predicted octanol–water partition coefficient (Wildman–Crippen LogP) is 1.18. The Morgan fingerprint density at radius 1 is 0.889 bits per heavy atom. The molecule has 0 radical (unpaired) electrons. The van der Waals surface area contributed by atoms with Gasteiger partial charge in [0.25, 0.3) is 0 Å². The van der Waals surface area contributed by atoms with Crippen LogP contribution in [-0.2, 0) is 19.1 Å². The highest BCUT2D eigenvalue weighted by Crippen LogP contribution is 2.00. The third kappa shape index (κ3) is 21.5. The topological polar surface area (TPSA) is 151 Å². The summed E-state index contributed by atoms with van der Waals surface area (Å²) in [5.74, 6) is -1.99. The molecule has 9 nitrogen and oxygen atoms in total. The van der Waals surface area contributed by atoms with Crippen LogP contribution < -0.4 is 0 Å². The molecule has 0 heterocycles. The van der Waals surface area contributed by atoms with Gasteiger partial charge in [0, 0.05) is 12.8 Å². The van der Waals surface area contributed by atoms with Crippen molar-refractivity contribution in [2.45, 2.75) is 25.7 Å². The fourth-order valence-electron chi connectivity index (χ4n) is 1.46. The molecule has 0 unspecified atom stereocenters. The van der Waals surface area contributed by atoms with Crippen LogP contribution in [0.25, 0.3) is 0 Å². The van der Waals surface area contributed by atoms with E-state index in [9.17, 15) is 14.4 Å². The van der Waals surface area contributed by atoms with E-state index in [1.807, 2.05) is 0 Å². The van der Waals surface area contributed by atoms with Crippen molar-refractivity contribution in [1.82, 2.24) is 0 Å². The standard InChI is InChI=1S/C7H12O4.C7H6O2.C4H10O3/c1-11-7(10)5-3-2-4-6(8)9;8-7(9)6-4-2-1-3-5-6;5-1-3-7-4-2-6/h2-5H2,1H3,(H,8,9);1-5H,(H,8,9);5-6H,1-4H2. The second kappa shape index (κ2) is 19.8. The lowest BCUT2D eigenvalue weighted by Crippen LogP contribution is -2.03. The number of aliphatic hydroxyl groups excluding tert-OH is 2. The first-order valence-electron chi connectivity index (χ1n) is 8.25. The second-order valence-corrected chi connectivity index (χ2v) is 4.91. The van der Waals surface area contributed by atoms with Gasteiger partial charge in [-0.2, -0.15) is 0 Å². The number of hydrogen-bond donors (Lipinski definition) is 4. The van der Waals surface area contributed by atoms with Gasteiger partial charge in [0.1, 0.15) is 0 Å². The van der Waals surface area contributed by atoms with Gasteiger partial charge < -0.3 is 29.9 Å². The summed E-state index contributed by atoms with van der Waals surface area (Å²) >= 11 is 0. The van der Waals surface area contributed by atoms with Crippen molar-refractivity contribution in [3.63, 3.8) is 0 Å². The minimum absolute atomic E-state index is 0.0278. The molecule has 9 heteroatoms. The van der Waals surface area contributed by atoms with E-state index in [2.05, 4.69) is 9.47 Å². The number of hydrogen-bond acceptors (Lipinski definition) is 7. The minimum Gasteiger partial charge on any atom is -0.481 e. The lowest BCUT2D eigenvalue weighted by atomic mass is 10.2. The molecular formula is C18H28O9. The molecule has 154 valence electrons. The number of aliphatic hydroxyl groups is 2. The highest BCUT2D eigenvalue weighted by Gasteiger charge is 2.01. The van der Waals surface area contributed by atoms with Crippen molar-refractivity contribution in [3.8, 4) is 0 Å². The predicted molar refractivity (Wildman–Crippen MR) is 96.5 cm³/mol. The quantitative estimate of drug-likeness (QED) is 0.342. The number of aromatic carboxylic acids is 1. The van der Waals surface area contributed by atoms with Gasteiger partial charge in [0.15, 0.2) is 0 Å². The van der Waals surface area contributed by atoms with Crippen molar-refractivity contribution in [2.75, 3.05) is 33.5 Å². The summed E-state index contributed by atoms with van der Waals surface area (Å²) in [5.41, 5.74) is 0.331. The van der Waals surface area contributed by atoms with Crippen LogP contribution in [0.2, 0.25) is 0 Å². The molecule has 0 bridgehead atoms. The lowest BCUT2D eigenvalue weighted by molar-refractivity contribution is -0.141. The van der Waals surface area contributed by atoms with E-state index < -0.39 is 11.9 Å². The summed E-state index contributed by atoms with van der Waals surface area (Å²) in [7, 11) is 1.32. The molecule has 1 rings (SSSR count). The summed E-state index contributed by atoms with van der Waals surface area (Å²) in [5, 5.41) is 32.8. The number of rotatable bonds is 10. The number of carboxylic acid groups (broad SMARTS) is 2. The first-order chi connectivity index (χ1) is 12.9. The molecule has 0 fully saturated rings. The maximum atomic E-state index is 10.5. The van der Waals surface area contributed by atoms with Crippen LogP contribution in [0.1, 0.15) is 36.0 Å². The van der Waals surface area contributed by atoms with Crippen LogP contribution in [0.5, 0.6) is 0 Å². The second-order valence-electron chi connectivity index (χ2n) is 4.91. The zero-order valence-electron chi connectivity index (χ0n) is 15.4. The largest absolute Gasteiger partial charge is 0.481 e.